The lowest BCUT2D eigenvalue weighted by Gasteiger charge is -2.37. The maximum absolute atomic E-state index is 12.4. The van der Waals surface area contributed by atoms with Crippen LogP contribution in [0.3, 0.4) is 0 Å². The third kappa shape index (κ3) is 5.08. The molecule has 2 aromatic rings. The van der Waals surface area contributed by atoms with Gasteiger partial charge in [-0.05, 0) is 31.4 Å². The molecule has 0 radical (unpaired) electrons. The SMILES string of the molecule is COc1ccccc1CN1CCC[C@@H]([C@@H](NC(=O)C(C)C)c2nccs2)C1. The zero-order valence-electron chi connectivity index (χ0n) is 16.4. The highest BCUT2D eigenvalue weighted by molar-refractivity contribution is 7.09. The predicted octanol–water partition coefficient (Wildman–Crippen LogP) is 3.88. The minimum absolute atomic E-state index is 0.0135. The monoisotopic (exact) mass is 387 g/mol. The second-order valence-electron chi connectivity index (χ2n) is 7.46. The summed E-state index contributed by atoms with van der Waals surface area (Å²) in [5.41, 5.74) is 1.21. The molecule has 2 heterocycles. The summed E-state index contributed by atoms with van der Waals surface area (Å²) in [7, 11) is 1.72. The lowest BCUT2D eigenvalue weighted by Crippen LogP contribution is -2.43. The van der Waals surface area contributed by atoms with Crippen LogP contribution in [0.1, 0.15) is 43.3 Å². The number of methoxy groups -OCH3 is 1. The summed E-state index contributed by atoms with van der Waals surface area (Å²) in [6.07, 6.45) is 4.05. The fourth-order valence-electron chi connectivity index (χ4n) is 3.67. The molecule has 0 bridgehead atoms. The highest BCUT2D eigenvalue weighted by Gasteiger charge is 2.31. The Labute approximate surface area is 165 Å². The number of hydrogen-bond donors (Lipinski definition) is 1. The Morgan fingerprint density at radius 1 is 1.41 bits per heavy atom. The molecule has 0 saturated carbocycles. The van der Waals surface area contributed by atoms with Crippen LogP contribution in [-0.4, -0.2) is 36.0 Å². The summed E-state index contributed by atoms with van der Waals surface area (Å²) in [6, 6.07) is 8.18. The Morgan fingerprint density at radius 3 is 2.93 bits per heavy atom. The lowest BCUT2D eigenvalue weighted by atomic mass is 9.90. The average molecular weight is 388 g/mol. The number of amides is 1. The van der Waals surface area contributed by atoms with Crippen LogP contribution in [0.4, 0.5) is 0 Å². The van der Waals surface area contributed by atoms with Crippen molar-refractivity contribution in [3.8, 4) is 5.75 Å². The van der Waals surface area contributed by atoms with Gasteiger partial charge in [0, 0.05) is 36.1 Å². The quantitative estimate of drug-likeness (QED) is 0.783. The van der Waals surface area contributed by atoms with E-state index in [-0.39, 0.29) is 17.9 Å². The van der Waals surface area contributed by atoms with E-state index < -0.39 is 0 Å². The second kappa shape index (κ2) is 9.33. The molecule has 1 saturated heterocycles. The van der Waals surface area contributed by atoms with Crippen LogP contribution in [0, 0.1) is 11.8 Å². The Morgan fingerprint density at radius 2 is 2.22 bits per heavy atom. The second-order valence-corrected chi connectivity index (χ2v) is 8.39. The first-order valence-corrected chi connectivity index (χ1v) is 10.5. The number of nitrogens with zero attached hydrogens (tertiary/aromatic N) is 2. The summed E-state index contributed by atoms with van der Waals surface area (Å²) in [5.74, 6) is 1.37. The van der Waals surface area contributed by atoms with E-state index in [0.29, 0.717) is 5.92 Å². The first-order chi connectivity index (χ1) is 13.1. The van der Waals surface area contributed by atoms with Gasteiger partial charge in [-0.3, -0.25) is 9.69 Å². The summed E-state index contributed by atoms with van der Waals surface area (Å²) in [4.78, 5) is 19.4. The zero-order chi connectivity index (χ0) is 19.2. The molecule has 1 aromatic carbocycles. The van der Waals surface area contributed by atoms with Crippen molar-refractivity contribution < 1.29 is 9.53 Å². The first kappa shape index (κ1) is 19.8. The number of carbonyl (C=O) groups excluding carboxylic acids is 1. The van der Waals surface area contributed by atoms with Crippen molar-refractivity contribution in [3.05, 3.63) is 46.4 Å². The molecule has 1 amide bonds. The van der Waals surface area contributed by atoms with Crippen molar-refractivity contribution in [2.45, 2.75) is 39.3 Å². The van der Waals surface area contributed by atoms with Crippen LogP contribution >= 0.6 is 11.3 Å². The molecule has 6 heteroatoms. The van der Waals surface area contributed by atoms with Gasteiger partial charge in [0.2, 0.25) is 5.91 Å². The largest absolute Gasteiger partial charge is 0.496 e. The van der Waals surface area contributed by atoms with Gasteiger partial charge in [0.25, 0.3) is 0 Å². The predicted molar refractivity (Wildman–Crippen MR) is 109 cm³/mol. The molecular weight excluding hydrogens is 358 g/mol. The molecule has 0 aliphatic carbocycles. The molecule has 5 nitrogen and oxygen atoms in total. The van der Waals surface area contributed by atoms with Crippen LogP contribution in [0.25, 0.3) is 0 Å². The van der Waals surface area contributed by atoms with Crippen LogP contribution in [0.15, 0.2) is 35.8 Å². The zero-order valence-corrected chi connectivity index (χ0v) is 17.2. The molecule has 1 fully saturated rings. The van der Waals surface area contributed by atoms with E-state index in [0.717, 1.165) is 43.2 Å². The van der Waals surface area contributed by atoms with Crippen molar-refractivity contribution in [1.82, 2.24) is 15.2 Å². The summed E-state index contributed by atoms with van der Waals surface area (Å²) in [6.45, 7) is 6.74. The van der Waals surface area contributed by atoms with Gasteiger partial charge >= 0.3 is 0 Å². The summed E-state index contributed by atoms with van der Waals surface area (Å²) in [5, 5.41) is 6.25. The number of aromatic nitrogens is 1. The highest BCUT2D eigenvalue weighted by atomic mass is 32.1. The maximum atomic E-state index is 12.4. The van der Waals surface area contributed by atoms with Crippen LogP contribution in [-0.2, 0) is 11.3 Å². The molecule has 2 atom stereocenters. The van der Waals surface area contributed by atoms with E-state index in [4.69, 9.17) is 4.74 Å². The Hall–Kier alpha value is -1.92. The van der Waals surface area contributed by atoms with Crippen LogP contribution < -0.4 is 10.1 Å². The van der Waals surface area contributed by atoms with Gasteiger partial charge in [-0.2, -0.15) is 0 Å². The van der Waals surface area contributed by atoms with E-state index in [1.807, 2.05) is 37.6 Å². The third-order valence-electron chi connectivity index (χ3n) is 5.14. The number of ether oxygens (including phenoxy) is 1. The summed E-state index contributed by atoms with van der Waals surface area (Å²) >= 11 is 1.63. The topological polar surface area (TPSA) is 54.5 Å². The van der Waals surface area contributed by atoms with Crippen molar-refractivity contribution >= 4 is 17.2 Å². The molecule has 0 spiro atoms. The number of carbonyl (C=O) groups is 1. The van der Waals surface area contributed by atoms with Crippen molar-refractivity contribution in [1.29, 1.82) is 0 Å². The number of benzene rings is 1. The molecule has 1 aliphatic heterocycles. The molecule has 3 rings (SSSR count). The standard InChI is InChI=1S/C21H29N3O2S/c1-15(2)20(25)23-19(21-22-10-12-27-21)17-8-6-11-24(14-17)13-16-7-4-5-9-18(16)26-3/h4-5,7,9-10,12,15,17,19H,6,8,11,13-14H2,1-3H3,(H,23,25)/t17-,19-/m1/s1. The van der Waals surface area contributed by atoms with E-state index in [2.05, 4.69) is 27.3 Å². The summed E-state index contributed by atoms with van der Waals surface area (Å²) < 4.78 is 5.51. The van der Waals surface area contributed by atoms with Gasteiger partial charge in [-0.1, -0.05) is 32.0 Å². The highest BCUT2D eigenvalue weighted by Crippen LogP contribution is 2.32. The number of piperidine rings is 1. The van der Waals surface area contributed by atoms with Crippen molar-refractivity contribution in [2.75, 3.05) is 20.2 Å². The Bertz CT molecular complexity index is 733. The van der Waals surface area contributed by atoms with Crippen molar-refractivity contribution in [2.24, 2.45) is 11.8 Å². The van der Waals surface area contributed by atoms with Gasteiger partial charge in [0.15, 0.2) is 0 Å². The Balaban J connectivity index is 1.73. The molecule has 146 valence electrons. The van der Waals surface area contributed by atoms with E-state index in [9.17, 15) is 4.79 Å². The van der Waals surface area contributed by atoms with E-state index in [1.54, 1.807) is 18.4 Å². The van der Waals surface area contributed by atoms with E-state index >= 15 is 0 Å². The van der Waals surface area contributed by atoms with Gasteiger partial charge in [0.1, 0.15) is 10.8 Å². The average Bonchev–Trinajstić information content (AvgIpc) is 3.21. The normalized spacial score (nSPS) is 19.0. The molecule has 0 unspecified atom stereocenters. The lowest BCUT2D eigenvalue weighted by molar-refractivity contribution is -0.125. The number of rotatable bonds is 7. The van der Waals surface area contributed by atoms with Crippen molar-refractivity contribution in [3.63, 3.8) is 0 Å². The fourth-order valence-corrected chi connectivity index (χ4v) is 4.45. The number of likely N-dealkylation sites (tertiary alicyclic amines) is 1. The number of thiazole rings is 1. The van der Waals surface area contributed by atoms with Crippen LogP contribution in [0.5, 0.6) is 5.75 Å². The molecular formula is C21H29N3O2S. The molecule has 1 aliphatic rings. The Kier molecular flexibility index (Phi) is 6.85. The van der Waals surface area contributed by atoms with E-state index in [1.165, 1.54) is 5.56 Å². The first-order valence-electron chi connectivity index (χ1n) is 9.62. The maximum Gasteiger partial charge on any atom is 0.223 e. The minimum atomic E-state index is -0.0271. The molecule has 27 heavy (non-hydrogen) atoms. The molecule has 1 aromatic heterocycles. The number of nitrogens with one attached hydrogen (secondary N) is 1. The number of hydrogen-bond acceptors (Lipinski definition) is 5. The minimum Gasteiger partial charge on any atom is -0.496 e. The third-order valence-corrected chi connectivity index (χ3v) is 6.00. The van der Waals surface area contributed by atoms with Gasteiger partial charge in [-0.25, -0.2) is 4.98 Å². The van der Waals surface area contributed by atoms with Gasteiger partial charge in [-0.15, -0.1) is 11.3 Å². The molecule has 1 N–H and O–H groups in total. The smallest absolute Gasteiger partial charge is 0.223 e. The van der Waals surface area contributed by atoms with Crippen LogP contribution in [0.2, 0.25) is 0 Å². The van der Waals surface area contributed by atoms with Gasteiger partial charge < -0.3 is 10.1 Å². The van der Waals surface area contributed by atoms with Gasteiger partial charge in [0.05, 0.1) is 13.2 Å². The number of para-hydroxylation sites is 1. The fraction of sp³-hybridized carbons (Fsp3) is 0.524.